The molecule has 2 aliphatic rings. The first kappa shape index (κ1) is 12.1. The second-order valence-electron chi connectivity index (χ2n) is 4.47. The molecule has 0 amide bonds. The van der Waals surface area contributed by atoms with Crippen LogP contribution in [-0.4, -0.2) is 54.8 Å². The van der Waals surface area contributed by atoms with Crippen LogP contribution >= 0.6 is 0 Å². The van der Waals surface area contributed by atoms with Crippen LogP contribution in [0.1, 0.15) is 12.8 Å². The summed E-state index contributed by atoms with van der Waals surface area (Å²) in [6.07, 6.45) is 4.14. The van der Waals surface area contributed by atoms with E-state index in [1.54, 1.807) is 0 Å². The molecule has 3 heterocycles. The monoisotopic (exact) mass is 273 g/mol. The van der Waals surface area contributed by atoms with Crippen LogP contribution < -0.4 is 0 Å². The van der Waals surface area contributed by atoms with Crippen LogP contribution in [0.4, 0.5) is 0 Å². The quantitative estimate of drug-likeness (QED) is 0.816. The Bertz CT molecular complexity index is 507. The van der Waals surface area contributed by atoms with Crippen molar-refractivity contribution in [2.24, 2.45) is 0 Å². The molecule has 1 N–H and O–H groups in total. The number of hydrogen-bond donors (Lipinski definition) is 1. The Morgan fingerprint density at radius 2 is 2.17 bits per heavy atom. The molecule has 0 aliphatic carbocycles. The Balaban J connectivity index is 1.84. The number of imidazole rings is 1. The van der Waals surface area contributed by atoms with Gasteiger partial charge in [-0.3, -0.25) is 0 Å². The molecule has 0 radical (unpaired) electrons. The summed E-state index contributed by atoms with van der Waals surface area (Å²) in [5, 5.41) is 0.109. The number of aromatic nitrogens is 2. The third kappa shape index (κ3) is 1.95. The van der Waals surface area contributed by atoms with Crippen LogP contribution in [0.3, 0.4) is 0 Å². The lowest BCUT2D eigenvalue weighted by Gasteiger charge is -2.37. The summed E-state index contributed by atoms with van der Waals surface area (Å²) < 4.78 is 37.2. The molecule has 0 atom stereocenters. The topological polar surface area (TPSA) is 84.5 Å². The van der Waals surface area contributed by atoms with E-state index in [1.165, 1.54) is 16.8 Å². The van der Waals surface area contributed by atoms with Crippen molar-refractivity contribution in [3.8, 4) is 0 Å². The van der Waals surface area contributed by atoms with E-state index in [4.69, 9.17) is 9.47 Å². The van der Waals surface area contributed by atoms with Crippen molar-refractivity contribution in [1.29, 1.82) is 0 Å². The molecule has 1 aromatic rings. The van der Waals surface area contributed by atoms with Gasteiger partial charge in [0.15, 0.2) is 10.8 Å². The summed E-state index contributed by atoms with van der Waals surface area (Å²) in [4.78, 5) is 6.38. The molecule has 100 valence electrons. The molecule has 3 rings (SSSR count). The van der Waals surface area contributed by atoms with Crippen LogP contribution in [0, 0.1) is 0 Å². The van der Waals surface area contributed by atoms with Crippen molar-refractivity contribution in [2.45, 2.75) is 23.7 Å². The van der Waals surface area contributed by atoms with E-state index in [-0.39, 0.29) is 11.6 Å². The number of sulfonamides is 1. The lowest BCUT2D eigenvalue weighted by Crippen LogP contribution is -2.50. The molecule has 0 unspecified atom stereocenters. The molecular weight excluding hydrogens is 258 g/mol. The van der Waals surface area contributed by atoms with Crippen LogP contribution in [0.5, 0.6) is 0 Å². The maximum Gasteiger partial charge on any atom is 0.260 e. The van der Waals surface area contributed by atoms with E-state index in [0.717, 1.165) is 12.8 Å². The maximum absolute atomic E-state index is 12.3. The Morgan fingerprint density at radius 1 is 1.39 bits per heavy atom. The fourth-order valence-corrected chi connectivity index (χ4v) is 3.82. The summed E-state index contributed by atoms with van der Waals surface area (Å²) in [6.45, 7) is 1.78. The molecule has 2 aliphatic heterocycles. The Morgan fingerprint density at radius 3 is 2.83 bits per heavy atom. The number of nitrogens with one attached hydrogen (secondary N) is 1. The number of piperidine rings is 1. The second kappa shape index (κ2) is 4.30. The van der Waals surface area contributed by atoms with E-state index in [0.29, 0.717) is 19.8 Å². The minimum Gasteiger partial charge on any atom is -0.346 e. The first-order chi connectivity index (χ1) is 8.62. The largest absolute Gasteiger partial charge is 0.346 e. The molecule has 0 bridgehead atoms. The minimum atomic E-state index is -3.53. The van der Waals surface area contributed by atoms with Crippen LogP contribution in [0.2, 0.25) is 0 Å². The standard InChI is InChI=1S/C10H15N3O4S/c14-18(15,9-6-11-8-12-9)13-3-1-2-10(7-13)16-4-5-17-10/h6,8H,1-5,7H2,(H,11,12). The molecular formula is C10H15N3O4S. The van der Waals surface area contributed by atoms with Crippen molar-refractivity contribution in [2.75, 3.05) is 26.3 Å². The van der Waals surface area contributed by atoms with Gasteiger partial charge in [0.25, 0.3) is 10.0 Å². The number of nitrogens with zero attached hydrogens (tertiary/aromatic N) is 2. The number of hydrogen-bond acceptors (Lipinski definition) is 5. The highest BCUT2D eigenvalue weighted by Crippen LogP contribution is 2.32. The molecule has 0 saturated carbocycles. The first-order valence-electron chi connectivity index (χ1n) is 5.89. The molecule has 1 spiro atoms. The lowest BCUT2D eigenvalue weighted by atomic mass is 10.1. The van der Waals surface area contributed by atoms with Crippen molar-refractivity contribution >= 4 is 10.0 Å². The average molecular weight is 273 g/mol. The lowest BCUT2D eigenvalue weighted by molar-refractivity contribution is -0.179. The van der Waals surface area contributed by atoms with E-state index in [9.17, 15) is 8.42 Å². The molecule has 2 saturated heterocycles. The molecule has 2 fully saturated rings. The van der Waals surface area contributed by atoms with Gasteiger partial charge in [-0.25, -0.2) is 13.4 Å². The van der Waals surface area contributed by atoms with E-state index >= 15 is 0 Å². The summed E-state index contributed by atoms with van der Waals surface area (Å²) >= 11 is 0. The third-order valence-electron chi connectivity index (χ3n) is 3.29. The zero-order chi connectivity index (χ0) is 12.6. The maximum atomic E-state index is 12.3. The van der Waals surface area contributed by atoms with Crippen molar-refractivity contribution in [3.05, 3.63) is 12.5 Å². The number of aromatic amines is 1. The molecule has 0 aromatic carbocycles. The van der Waals surface area contributed by atoms with Gasteiger partial charge in [0.2, 0.25) is 0 Å². The van der Waals surface area contributed by atoms with Gasteiger partial charge >= 0.3 is 0 Å². The predicted octanol–water partition coefficient (Wildman–Crippen LogP) is -0.0627. The SMILES string of the molecule is O=S(=O)(c1cnc[nH]1)N1CCCC2(C1)OCCO2. The summed E-state index contributed by atoms with van der Waals surface area (Å²) in [5.74, 6) is -0.745. The first-order valence-corrected chi connectivity index (χ1v) is 7.33. The van der Waals surface area contributed by atoms with E-state index in [2.05, 4.69) is 9.97 Å². The number of ether oxygens (including phenoxy) is 2. The fourth-order valence-electron chi connectivity index (χ4n) is 2.41. The Hall–Kier alpha value is -0.960. The van der Waals surface area contributed by atoms with Crippen molar-refractivity contribution in [3.63, 3.8) is 0 Å². The predicted molar refractivity (Wildman–Crippen MR) is 61.2 cm³/mol. The van der Waals surface area contributed by atoms with Crippen LogP contribution in [0.25, 0.3) is 0 Å². The fraction of sp³-hybridized carbons (Fsp3) is 0.700. The van der Waals surface area contributed by atoms with E-state index < -0.39 is 15.8 Å². The normalized spacial score (nSPS) is 24.7. The van der Waals surface area contributed by atoms with Crippen LogP contribution in [-0.2, 0) is 19.5 Å². The van der Waals surface area contributed by atoms with Crippen LogP contribution in [0.15, 0.2) is 17.6 Å². The van der Waals surface area contributed by atoms with Gasteiger partial charge in [0.1, 0.15) is 0 Å². The minimum absolute atomic E-state index is 0.109. The van der Waals surface area contributed by atoms with E-state index in [1.807, 2.05) is 0 Å². The highest BCUT2D eigenvalue weighted by molar-refractivity contribution is 7.89. The average Bonchev–Trinajstić information content (AvgIpc) is 3.01. The smallest absolute Gasteiger partial charge is 0.260 e. The molecule has 18 heavy (non-hydrogen) atoms. The summed E-state index contributed by atoms with van der Waals surface area (Å²) in [6, 6.07) is 0. The third-order valence-corrected chi connectivity index (χ3v) is 5.06. The van der Waals surface area contributed by atoms with Crippen molar-refractivity contribution < 1.29 is 17.9 Å². The van der Waals surface area contributed by atoms with Gasteiger partial charge < -0.3 is 14.5 Å². The van der Waals surface area contributed by atoms with Gasteiger partial charge in [-0.1, -0.05) is 0 Å². The van der Waals surface area contributed by atoms with Gasteiger partial charge in [-0.2, -0.15) is 4.31 Å². The van der Waals surface area contributed by atoms with Gasteiger partial charge in [0, 0.05) is 13.0 Å². The van der Waals surface area contributed by atoms with Gasteiger partial charge in [-0.15, -0.1) is 0 Å². The molecule has 1 aromatic heterocycles. The number of H-pyrrole nitrogens is 1. The Kier molecular flexibility index (Phi) is 2.89. The zero-order valence-corrected chi connectivity index (χ0v) is 10.6. The summed E-state index contributed by atoms with van der Waals surface area (Å²) in [5.41, 5.74) is 0. The Labute approximate surface area is 105 Å². The number of rotatable bonds is 2. The zero-order valence-electron chi connectivity index (χ0n) is 9.83. The highest BCUT2D eigenvalue weighted by atomic mass is 32.2. The van der Waals surface area contributed by atoms with Crippen molar-refractivity contribution in [1.82, 2.24) is 14.3 Å². The highest BCUT2D eigenvalue weighted by Gasteiger charge is 2.44. The second-order valence-corrected chi connectivity index (χ2v) is 6.37. The van der Waals surface area contributed by atoms with Gasteiger partial charge in [0.05, 0.1) is 32.3 Å². The molecule has 8 heteroatoms. The molecule has 7 nitrogen and oxygen atoms in total. The van der Waals surface area contributed by atoms with Gasteiger partial charge in [-0.05, 0) is 6.42 Å². The summed E-state index contributed by atoms with van der Waals surface area (Å²) in [7, 11) is -3.53.